The second-order valence-electron chi connectivity index (χ2n) is 3.39. The van der Waals surface area contributed by atoms with E-state index in [9.17, 15) is 4.79 Å². The first-order valence-electron chi connectivity index (χ1n) is 4.73. The first kappa shape index (κ1) is 12.5. The largest absolute Gasteiger partial charge is 0.354 e. The zero-order chi connectivity index (χ0) is 11.3. The van der Waals surface area contributed by atoms with Crippen LogP contribution >= 0.6 is 27.5 Å². The Hall–Kier alpha value is -0.540. The van der Waals surface area contributed by atoms with Crippen LogP contribution in [0.1, 0.15) is 12.5 Å². The molecule has 1 aromatic rings. The summed E-state index contributed by atoms with van der Waals surface area (Å²) in [5.74, 6) is 0.000556. The van der Waals surface area contributed by atoms with Crippen LogP contribution in [0.5, 0.6) is 0 Å². The summed E-state index contributed by atoms with van der Waals surface area (Å²) in [4.78, 5) is 11.4. The van der Waals surface area contributed by atoms with Gasteiger partial charge in [-0.05, 0) is 24.6 Å². The normalized spacial score (nSPS) is 12.2. The molecule has 0 saturated carbocycles. The van der Waals surface area contributed by atoms with Crippen molar-refractivity contribution in [1.29, 1.82) is 0 Å². The molecule has 0 fully saturated rings. The lowest BCUT2D eigenvalue weighted by Gasteiger charge is -2.06. The summed E-state index contributed by atoms with van der Waals surface area (Å²) in [6.07, 6.45) is 0.392. The maximum Gasteiger partial charge on any atom is 0.224 e. The Bertz CT molecular complexity index is 341. The fourth-order valence-electron chi connectivity index (χ4n) is 1.15. The highest BCUT2D eigenvalue weighted by molar-refractivity contribution is 9.10. The molecule has 0 aliphatic heterocycles. The molecular formula is C11H13BrClNO. The number of hydrogen-bond acceptors (Lipinski definition) is 1. The molecule has 0 saturated heterocycles. The Morgan fingerprint density at radius 3 is 2.93 bits per heavy atom. The van der Waals surface area contributed by atoms with Crippen molar-refractivity contribution in [1.82, 2.24) is 5.32 Å². The second kappa shape index (κ2) is 6.13. The van der Waals surface area contributed by atoms with Crippen molar-refractivity contribution in [3.63, 3.8) is 0 Å². The van der Waals surface area contributed by atoms with Gasteiger partial charge >= 0.3 is 0 Å². The van der Waals surface area contributed by atoms with Crippen LogP contribution < -0.4 is 5.32 Å². The first-order valence-corrected chi connectivity index (χ1v) is 5.96. The van der Waals surface area contributed by atoms with E-state index in [2.05, 4.69) is 21.2 Å². The van der Waals surface area contributed by atoms with Gasteiger partial charge in [0.15, 0.2) is 0 Å². The van der Waals surface area contributed by atoms with Gasteiger partial charge in [0.2, 0.25) is 5.91 Å². The van der Waals surface area contributed by atoms with Crippen LogP contribution in [0, 0.1) is 0 Å². The van der Waals surface area contributed by atoms with Crippen LogP contribution in [0.15, 0.2) is 28.7 Å². The van der Waals surface area contributed by atoms with Gasteiger partial charge in [0, 0.05) is 16.4 Å². The van der Waals surface area contributed by atoms with Crippen molar-refractivity contribution in [2.24, 2.45) is 0 Å². The lowest BCUT2D eigenvalue weighted by atomic mass is 10.1. The fourth-order valence-corrected chi connectivity index (χ4v) is 1.67. The van der Waals surface area contributed by atoms with Gasteiger partial charge in [0.1, 0.15) is 0 Å². The van der Waals surface area contributed by atoms with Gasteiger partial charge in [-0.2, -0.15) is 0 Å². The highest BCUT2D eigenvalue weighted by Crippen LogP contribution is 2.11. The van der Waals surface area contributed by atoms with E-state index in [-0.39, 0.29) is 11.3 Å². The number of alkyl halides is 1. The van der Waals surface area contributed by atoms with E-state index in [1.54, 1.807) is 0 Å². The van der Waals surface area contributed by atoms with E-state index < -0.39 is 0 Å². The van der Waals surface area contributed by atoms with Crippen molar-refractivity contribution >= 4 is 33.4 Å². The molecule has 2 nitrogen and oxygen atoms in total. The summed E-state index contributed by atoms with van der Waals surface area (Å²) < 4.78 is 0.985. The Labute approximate surface area is 103 Å². The monoisotopic (exact) mass is 289 g/mol. The van der Waals surface area contributed by atoms with Gasteiger partial charge in [-0.3, -0.25) is 4.79 Å². The summed E-state index contributed by atoms with van der Waals surface area (Å²) in [7, 11) is 0. The molecule has 82 valence electrons. The predicted molar refractivity (Wildman–Crippen MR) is 66.2 cm³/mol. The molecule has 0 spiro atoms. The molecule has 0 bridgehead atoms. The van der Waals surface area contributed by atoms with Crippen molar-refractivity contribution in [3.05, 3.63) is 34.3 Å². The molecule has 0 aliphatic carbocycles. The number of nitrogens with one attached hydrogen (secondary N) is 1. The zero-order valence-corrected chi connectivity index (χ0v) is 10.8. The van der Waals surface area contributed by atoms with Crippen LogP contribution in [0.2, 0.25) is 0 Å². The molecule has 0 aliphatic rings. The number of benzene rings is 1. The van der Waals surface area contributed by atoms with E-state index >= 15 is 0 Å². The minimum atomic E-state index is -0.0311. The molecule has 1 amide bonds. The average molecular weight is 291 g/mol. The van der Waals surface area contributed by atoms with Crippen LogP contribution in [0.3, 0.4) is 0 Å². The van der Waals surface area contributed by atoms with Crippen LogP contribution in [-0.4, -0.2) is 17.8 Å². The lowest BCUT2D eigenvalue weighted by molar-refractivity contribution is -0.120. The zero-order valence-electron chi connectivity index (χ0n) is 8.47. The van der Waals surface area contributed by atoms with E-state index in [1.807, 2.05) is 31.2 Å². The number of carbonyl (C=O) groups is 1. The molecule has 0 heterocycles. The molecule has 4 heteroatoms. The third kappa shape index (κ3) is 5.19. The number of carbonyl (C=O) groups excluding carboxylic acids is 1. The van der Waals surface area contributed by atoms with E-state index in [4.69, 9.17) is 11.6 Å². The SMILES string of the molecule is CC(Cl)CNC(=O)Cc1cccc(Br)c1. The van der Waals surface area contributed by atoms with Gasteiger partial charge in [0.05, 0.1) is 6.42 Å². The van der Waals surface area contributed by atoms with E-state index in [0.29, 0.717) is 13.0 Å². The van der Waals surface area contributed by atoms with E-state index in [1.165, 1.54) is 0 Å². The molecule has 15 heavy (non-hydrogen) atoms. The molecule has 1 atom stereocenters. The number of rotatable bonds is 4. The third-order valence-corrected chi connectivity index (χ3v) is 2.48. The van der Waals surface area contributed by atoms with Crippen molar-refractivity contribution in [2.45, 2.75) is 18.7 Å². The number of hydrogen-bond donors (Lipinski definition) is 1. The second-order valence-corrected chi connectivity index (χ2v) is 5.05. The Morgan fingerprint density at radius 2 is 2.33 bits per heavy atom. The third-order valence-electron chi connectivity index (χ3n) is 1.83. The van der Waals surface area contributed by atoms with Crippen molar-refractivity contribution < 1.29 is 4.79 Å². The smallest absolute Gasteiger partial charge is 0.224 e. The maximum absolute atomic E-state index is 11.4. The number of amides is 1. The maximum atomic E-state index is 11.4. The van der Waals surface area contributed by atoms with Gasteiger partial charge < -0.3 is 5.32 Å². The summed E-state index contributed by atoms with van der Waals surface area (Å²) in [5, 5.41) is 2.73. The summed E-state index contributed by atoms with van der Waals surface area (Å²) >= 11 is 9.09. The Balaban J connectivity index is 2.44. The number of halogens is 2. The van der Waals surface area contributed by atoms with Gasteiger partial charge in [-0.1, -0.05) is 28.1 Å². The minimum absolute atomic E-state index is 0.000556. The van der Waals surface area contributed by atoms with Crippen LogP contribution in [0.25, 0.3) is 0 Å². The molecule has 1 aromatic carbocycles. The fraction of sp³-hybridized carbons (Fsp3) is 0.364. The quantitative estimate of drug-likeness (QED) is 0.849. The lowest BCUT2D eigenvalue weighted by Crippen LogP contribution is -2.29. The highest BCUT2D eigenvalue weighted by Gasteiger charge is 2.04. The Kier molecular flexibility index (Phi) is 5.12. The van der Waals surface area contributed by atoms with Crippen LogP contribution in [-0.2, 0) is 11.2 Å². The molecule has 1 rings (SSSR count). The van der Waals surface area contributed by atoms with Crippen LogP contribution in [0.4, 0.5) is 0 Å². The van der Waals surface area contributed by atoms with Gasteiger partial charge in [-0.25, -0.2) is 0 Å². The first-order chi connectivity index (χ1) is 7.08. The standard InChI is InChI=1S/C11H13BrClNO/c1-8(13)7-14-11(15)6-9-3-2-4-10(12)5-9/h2-5,8H,6-7H2,1H3,(H,14,15). The average Bonchev–Trinajstić information content (AvgIpc) is 2.15. The molecule has 1 unspecified atom stereocenters. The van der Waals surface area contributed by atoms with Crippen molar-refractivity contribution in [2.75, 3.05) is 6.54 Å². The van der Waals surface area contributed by atoms with Crippen molar-refractivity contribution in [3.8, 4) is 0 Å². The summed E-state index contributed by atoms with van der Waals surface area (Å²) in [5.41, 5.74) is 0.990. The Morgan fingerprint density at radius 1 is 1.60 bits per heavy atom. The van der Waals surface area contributed by atoms with Gasteiger partial charge in [-0.15, -0.1) is 11.6 Å². The summed E-state index contributed by atoms with van der Waals surface area (Å²) in [6, 6.07) is 7.71. The molecule has 0 radical (unpaired) electrons. The highest BCUT2D eigenvalue weighted by atomic mass is 79.9. The molecule has 0 aromatic heterocycles. The van der Waals surface area contributed by atoms with Gasteiger partial charge in [0.25, 0.3) is 0 Å². The predicted octanol–water partition coefficient (Wildman–Crippen LogP) is 2.74. The summed E-state index contributed by atoms with van der Waals surface area (Å²) in [6.45, 7) is 2.36. The molecular weight excluding hydrogens is 277 g/mol. The minimum Gasteiger partial charge on any atom is -0.354 e. The molecule has 1 N–H and O–H groups in total. The topological polar surface area (TPSA) is 29.1 Å². The van der Waals surface area contributed by atoms with E-state index in [0.717, 1.165) is 10.0 Å².